The minimum atomic E-state index is -3.69. The van der Waals surface area contributed by atoms with Crippen LogP contribution < -0.4 is 9.62 Å². The monoisotopic (exact) mass is 509 g/mol. The summed E-state index contributed by atoms with van der Waals surface area (Å²) in [6.45, 7) is 1.54. The summed E-state index contributed by atoms with van der Waals surface area (Å²) >= 11 is 1.43. The maximum atomic E-state index is 13.3. The molecule has 0 unspecified atom stereocenters. The average molecular weight is 510 g/mol. The topological polar surface area (TPSA) is 86.8 Å². The first-order valence-corrected chi connectivity index (χ1v) is 14.1. The van der Waals surface area contributed by atoms with E-state index in [1.54, 1.807) is 29.2 Å². The molecule has 0 aliphatic carbocycles. The quantitative estimate of drug-likeness (QED) is 0.553. The molecular weight excluding hydrogens is 482 g/mol. The van der Waals surface area contributed by atoms with Crippen LogP contribution in [0.15, 0.2) is 70.9 Å². The summed E-state index contributed by atoms with van der Waals surface area (Å²) in [5.74, 6) is -0.267. The van der Waals surface area contributed by atoms with Crippen LogP contribution in [-0.4, -0.2) is 44.8 Å². The Morgan fingerprint density at radius 2 is 1.66 bits per heavy atom. The number of piperidine rings is 1. The molecule has 2 aliphatic heterocycles. The number of thiophene rings is 1. The van der Waals surface area contributed by atoms with Crippen molar-refractivity contribution in [2.24, 2.45) is 5.92 Å². The largest absolute Gasteiger partial charge is 0.338 e. The number of benzene rings is 2. The van der Waals surface area contributed by atoms with Crippen LogP contribution >= 0.6 is 11.3 Å². The van der Waals surface area contributed by atoms with Gasteiger partial charge in [0.1, 0.15) is 0 Å². The van der Waals surface area contributed by atoms with Crippen molar-refractivity contribution in [1.29, 1.82) is 0 Å². The Morgan fingerprint density at radius 3 is 2.37 bits per heavy atom. The normalized spacial score (nSPS) is 16.6. The smallest absolute Gasteiger partial charge is 0.264 e. The zero-order valence-corrected chi connectivity index (χ0v) is 20.9. The zero-order chi connectivity index (χ0) is 24.4. The highest BCUT2D eigenvalue weighted by atomic mass is 32.2. The summed E-state index contributed by atoms with van der Waals surface area (Å²) in [5.41, 5.74) is 2.33. The molecule has 35 heavy (non-hydrogen) atoms. The first-order chi connectivity index (χ1) is 16.9. The number of nitrogens with one attached hydrogen (secondary N) is 1. The van der Waals surface area contributed by atoms with Gasteiger partial charge in [0.2, 0.25) is 5.91 Å². The molecule has 7 nitrogen and oxygen atoms in total. The van der Waals surface area contributed by atoms with Crippen molar-refractivity contribution in [2.75, 3.05) is 29.3 Å². The molecule has 3 heterocycles. The molecule has 0 radical (unpaired) electrons. The van der Waals surface area contributed by atoms with Crippen molar-refractivity contribution < 1.29 is 18.0 Å². The van der Waals surface area contributed by atoms with Crippen LogP contribution in [0, 0.1) is 5.92 Å². The van der Waals surface area contributed by atoms with Crippen molar-refractivity contribution in [3.05, 3.63) is 76.5 Å². The van der Waals surface area contributed by atoms with E-state index in [0.717, 1.165) is 29.0 Å². The molecule has 2 aliphatic rings. The third kappa shape index (κ3) is 4.83. The second-order valence-corrected chi connectivity index (χ2v) is 11.7. The molecule has 0 bridgehead atoms. The number of sulfonamides is 1. The second kappa shape index (κ2) is 9.83. The predicted octanol–water partition coefficient (Wildman–Crippen LogP) is 4.38. The fourth-order valence-electron chi connectivity index (χ4n) is 4.73. The lowest BCUT2D eigenvalue weighted by atomic mass is 9.95. The molecule has 9 heteroatoms. The van der Waals surface area contributed by atoms with E-state index in [-0.39, 0.29) is 22.6 Å². The molecule has 3 aromatic rings. The van der Waals surface area contributed by atoms with Gasteiger partial charge in [-0.15, -0.1) is 11.3 Å². The molecule has 0 saturated carbocycles. The zero-order valence-electron chi connectivity index (χ0n) is 19.2. The summed E-state index contributed by atoms with van der Waals surface area (Å²) in [6, 6.07) is 17.6. The summed E-state index contributed by atoms with van der Waals surface area (Å²) < 4.78 is 28.1. The van der Waals surface area contributed by atoms with Crippen molar-refractivity contribution >= 4 is 44.5 Å². The SMILES string of the molecule is O=C(Nc1ccc(S(=O)(=O)N2CCCc3ccccc32)cc1)C1CCN(C(=O)c2cccs2)CC1. The lowest BCUT2D eigenvalue weighted by Crippen LogP contribution is -2.41. The molecule has 0 atom stereocenters. The fourth-order valence-corrected chi connectivity index (χ4v) is 6.96. The van der Waals surface area contributed by atoms with E-state index in [0.29, 0.717) is 38.2 Å². The number of hydrogen-bond donors (Lipinski definition) is 1. The maximum Gasteiger partial charge on any atom is 0.264 e. The second-order valence-electron chi connectivity index (χ2n) is 8.87. The van der Waals surface area contributed by atoms with E-state index in [9.17, 15) is 18.0 Å². The van der Waals surface area contributed by atoms with Crippen LogP contribution in [0.25, 0.3) is 0 Å². The molecule has 2 amide bonds. The van der Waals surface area contributed by atoms with E-state index in [1.807, 2.05) is 41.8 Å². The number of aryl methyl sites for hydroxylation is 1. The Labute approximate surface area is 209 Å². The minimum Gasteiger partial charge on any atom is -0.338 e. The highest BCUT2D eigenvalue weighted by Crippen LogP contribution is 2.32. The lowest BCUT2D eigenvalue weighted by Gasteiger charge is -2.31. The number of para-hydroxylation sites is 1. The van der Waals surface area contributed by atoms with Gasteiger partial charge in [-0.2, -0.15) is 0 Å². The highest BCUT2D eigenvalue weighted by Gasteiger charge is 2.30. The standard InChI is InChI=1S/C26H27N3O4S2/c30-25(20-13-16-28(17-14-20)26(31)24-8-4-18-34-24)27-21-9-11-22(12-10-21)35(32,33)29-15-3-6-19-5-1-2-7-23(19)29/h1-2,4-5,7-12,18,20H,3,6,13-17H2,(H,27,30). The van der Waals surface area contributed by atoms with Gasteiger partial charge in [-0.05, 0) is 73.0 Å². The van der Waals surface area contributed by atoms with Crippen molar-refractivity contribution in [3.63, 3.8) is 0 Å². The Bertz CT molecular complexity index is 1310. The van der Waals surface area contributed by atoms with Gasteiger partial charge in [-0.1, -0.05) is 24.3 Å². The summed E-state index contributed by atoms with van der Waals surface area (Å²) in [6.07, 6.45) is 2.85. The predicted molar refractivity (Wildman–Crippen MR) is 137 cm³/mol. The minimum absolute atomic E-state index is 0.0204. The molecule has 0 spiro atoms. The number of carbonyl (C=O) groups is 2. The molecule has 1 aromatic heterocycles. The van der Waals surface area contributed by atoms with E-state index in [2.05, 4.69) is 5.32 Å². The first-order valence-electron chi connectivity index (χ1n) is 11.8. The summed E-state index contributed by atoms with van der Waals surface area (Å²) in [7, 11) is -3.69. The first kappa shape index (κ1) is 23.6. The van der Waals surface area contributed by atoms with Gasteiger partial charge in [-0.25, -0.2) is 8.42 Å². The number of fused-ring (bicyclic) bond motifs is 1. The maximum absolute atomic E-state index is 13.3. The van der Waals surface area contributed by atoms with E-state index in [1.165, 1.54) is 15.6 Å². The summed E-state index contributed by atoms with van der Waals surface area (Å²) in [5, 5.41) is 4.79. The van der Waals surface area contributed by atoms with Gasteiger partial charge in [-0.3, -0.25) is 13.9 Å². The van der Waals surface area contributed by atoms with Gasteiger partial charge in [0, 0.05) is 31.2 Å². The van der Waals surface area contributed by atoms with Gasteiger partial charge < -0.3 is 10.2 Å². The van der Waals surface area contributed by atoms with Crippen molar-refractivity contribution in [3.8, 4) is 0 Å². The van der Waals surface area contributed by atoms with Crippen molar-refractivity contribution in [2.45, 2.75) is 30.6 Å². The number of nitrogens with zero attached hydrogens (tertiary/aromatic N) is 2. The number of amides is 2. The highest BCUT2D eigenvalue weighted by molar-refractivity contribution is 7.92. The van der Waals surface area contributed by atoms with Crippen molar-refractivity contribution in [1.82, 2.24) is 4.90 Å². The fraction of sp³-hybridized carbons (Fsp3) is 0.308. The molecule has 2 aromatic carbocycles. The van der Waals surface area contributed by atoms with E-state index < -0.39 is 10.0 Å². The number of carbonyl (C=O) groups excluding carboxylic acids is 2. The molecule has 182 valence electrons. The third-order valence-corrected chi connectivity index (χ3v) is 9.35. The molecule has 5 rings (SSSR count). The van der Waals surface area contributed by atoms with Crippen LogP contribution in [0.1, 0.15) is 34.5 Å². The van der Waals surface area contributed by atoms with Gasteiger partial charge in [0.15, 0.2) is 0 Å². The van der Waals surface area contributed by atoms with Crippen LogP contribution in [0.2, 0.25) is 0 Å². The Morgan fingerprint density at radius 1 is 0.914 bits per heavy atom. The number of hydrogen-bond acceptors (Lipinski definition) is 5. The van der Waals surface area contributed by atoms with E-state index in [4.69, 9.17) is 0 Å². The Kier molecular flexibility index (Phi) is 6.62. The number of anilines is 2. The van der Waals surface area contributed by atoms with Crippen LogP contribution in [0.5, 0.6) is 0 Å². The van der Waals surface area contributed by atoms with Crippen LogP contribution in [0.3, 0.4) is 0 Å². The molecule has 1 N–H and O–H groups in total. The Balaban J connectivity index is 1.21. The van der Waals surface area contributed by atoms with Crippen LogP contribution in [-0.2, 0) is 21.2 Å². The number of rotatable bonds is 5. The van der Waals surface area contributed by atoms with Gasteiger partial charge in [0.05, 0.1) is 15.5 Å². The summed E-state index contributed by atoms with van der Waals surface area (Å²) in [4.78, 5) is 28.0. The number of likely N-dealkylation sites (tertiary alicyclic amines) is 1. The average Bonchev–Trinajstić information content (AvgIpc) is 3.43. The van der Waals surface area contributed by atoms with E-state index >= 15 is 0 Å². The molecular formula is C26H27N3O4S2. The van der Waals surface area contributed by atoms with Crippen LogP contribution in [0.4, 0.5) is 11.4 Å². The Hall–Kier alpha value is -3.17. The van der Waals surface area contributed by atoms with Gasteiger partial charge in [0.25, 0.3) is 15.9 Å². The van der Waals surface area contributed by atoms with Gasteiger partial charge >= 0.3 is 0 Å². The molecule has 1 saturated heterocycles. The third-order valence-electron chi connectivity index (χ3n) is 6.66. The molecule has 1 fully saturated rings. The lowest BCUT2D eigenvalue weighted by molar-refractivity contribution is -0.121.